The van der Waals surface area contributed by atoms with E-state index < -0.39 is 0 Å². The van der Waals surface area contributed by atoms with Gasteiger partial charge in [0.2, 0.25) is 0 Å². The summed E-state index contributed by atoms with van der Waals surface area (Å²) in [7, 11) is 0. The van der Waals surface area contributed by atoms with Crippen LogP contribution in [0.4, 0.5) is 0 Å². The Morgan fingerprint density at radius 2 is 1.50 bits per heavy atom. The zero-order chi connectivity index (χ0) is 6.69. The van der Waals surface area contributed by atoms with Gasteiger partial charge in [-0.05, 0) is 0 Å². The fraction of sp³-hybridized carbons (Fsp3) is 0.444. The summed E-state index contributed by atoms with van der Waals surface area (Å²) >= 11 is 0. The van der Waals surface area contributed by atoms with Gasteiger partial charge in [0.15, 0.2) is 0 Å². The summed E-state index contributed by atoms with van der Waals surface area (Å²) in [6, 6.07) is 8.55. The fourth-order valence-electron chi connectivity index (χ4n) is 1.02. The first kappa shape index (κ1) is 18.0. The van der Waals surface area contributed by atoms with Gasteiger partial charge in [0.1, 0.15) is 0 Å². The Balaban J connectivity index is -0.000000270. The van der Waals surface area contributed by atoms with Crippen LogP contribution in [0.25, 0.3) is 0 Å². The minimum Gasteiger partial charge on any atom is -1.00 e. The van der Waals surface area contributed by atoms with Gasteiger partial charge in [-0.2, -0.15) is 17.7 Å². The Bertz CT molecular complexity index is 159. The Morgan fingerprint density at radius 3 is 1.83 bits per heavy atom. The molecule has 0 nitrogen and oxygen atoms in total. The van der Waals surface area contributed by atoms with Gasteiger partial charge in [0, 0.05) is 0 Å². The van der Waals surface area contributed by atoms with Crippen LogP contribution in [0.1, 0.15) is 19.4 Å². The molecule has 1 rings (SSSR count). The first-order chi connectivity index (χ1) is 4.29. The van der Waals surface area contributed by atoms with E-state index in [9.17, 15) is 0 Å². The molecule has 0 fully saturated rings. The van der Waals surface area contributed by atoms with E-state index in [1.54, 1.807) is 0 Å². The molecule has 0 atom stereocenters. The minimum absolute atomic E-state index is 0. The molecule has 3 heteroatoms. The summed E-state index contributed by atoms with van der Waals surface area (Å²) in [5.74, 6) is 0.785. The van der Waals surface area contributed by atoms with Crippen molar-refractivity contribution in [3.05, 3.63) is 29.8 Å². The molecule has 0 saturated carbocycles. The molecule has 0 aliphatic carbocycles. The molecule has 1 radical (unpaired) electrons. The Labute approximate surface area is 91.6 Å². The molecule has 0 spiro atoms. The van der Waals surface area contributed by atoms with Gasteiger partial charge in [-0.1, -0.05) is 26.2 Å². The third kappa shape index (κ3) is 6.78. The van der Waals surface area contributed by atoms with Crippen LogP contribution in [0.5, 0.6) is 0 Å². The Kier molecular flexibility index (Phi) is 13.8. The maximum atomic E-state index is 2.24. The molecule has 0 saturated heterocycles. The largest absolute Gasteiger partial charge is 3.00 e. The van der Waals surface area contributed by atoms with Crippen LogP contribution in [0.2, 0.25) is 0 Å². The van der Waals surface area contributed by atoms with Crippen LogP contribution in [0, 0.1) is 5.92 Å². The summed E-state index contributed by atoms with van der Waals surface area (Å²) in [5, 5.41) is 0. The van der Waals surface area contributed by atoms with Crippen molar-refractivity contribution >= 4 is 0 Å². The number of hydrogen-bond acceptors (Lipinski definition) is 0. The summed E-state index contributed by atoms with van der Waals surface area (Å²) in [4.78, 5) is 0. The van der Waals surface area contributed by atoms with E-state index in [2.05, 4.69) is 38.1 Å². The van der Waals surface area contributed by atoms with Crippen molar-refractivity contribution in [3.8, 4) is 0 Å². The van der Waals surface area contributed by atoms with Crippen molar-refractivity contribution in [2.24, 2.45) is 5.92 Å². The molecule has 1 aromatic carbocycles. The zero-order valence-corrected chi connectivity index (χ0v) is 9.81. The van der Waals surface area contributed by atoms with E-state index >= 15 is 0 Å². The zero-order valence-electron chi connectivity index (χ0n) is 7.35. The van der Waals surface area contributed by atoms with Crippen molar-refractivity contribution in [2.45, 2.75) is 20.3 Å². The first-order valence-electron chi connectivity index (χ1n) is 3.49. The molecule has 0 aliphatic rings. The number of hydrogen-bond donors (Lipinski definition) is 0. The molecular weight excluding hydrogens is 237 g/mol. The maximum Gasteiger partial charge on any atom is 3.00 e. The van der Waals surface area contributed by atoms with Gasteiger partial charge in [-0.15, -0.1) is 0 Å². The SMILES string of the molecule is CC(C)C[c-]1cccc1.[F-].[F-].[Zr+3]. The second-order valence-corrected chi connectivity index (χ2v) is 2.89. The molecule has 0 aliphatic heterocycles. The molecule has 0 bridgehead atoms. The van der Waals surface area contributed by atoms with Gasteiger partial charge >= 0.3 is 26.2 Å². The van der Waals surface area contributed by atoms with Crippen LogP contribution < -0.4 is 9.41 Å². The standard InChI is InChI=1S/C9H13.2FH.Zr/c1-8(2)7-9-5-3-4-6-9;;;/h3-6,8H,7H2,1-2H3;2*1H;/q-1;;;+3/p-2. The molecule has 0 heterocycles. The Morgan fingerprint density at radius 1 is 1.08 bits per heavy atom. The average Bonchev–Trinajstić information content (AvgIpc) is 2.15. The van der Waals surface area contributed by atoms with Gasteiger partial charge < -0.3 is 9.41 Å². The average molecular weight is 250 g/mol. The molecule has 0 amide bonds. The number of rotatable bonds is 2. The second kappa shape index (κ2) is 9.18. The quantitative estimate of drug-likeness (QED) is 0.480. The van der Waals surface area contributed by atoms with Gasteiger partial charge in [-0.3, -0.25) is 0 Å². The van der Waals surface area contributed by atoms with Gasteiger partial charge in [0.05, 0.1) is 0 Å². The van der Waals surface area contributed by atoms with Crippen molar-refractivity contribution in [2.75, 3.05) is 0 Å². The molecule has 0 N–H and O–H groups in total. The summed E-state index contributed by atoms with van der Waals surface area (Å²) in [6.45, 7) is 4.49. The maximum absolute atomic E-state index is 2.24. The van der Waals surface area contributed by atoms with E-state index in [-0.39, 0.29) is 35.6 Å². The molecule has 1 aromatic rings. The van der Waals surface area contributed by atoms with E-state index in [1.807, 2.05) is 0 Å². The van der Waals surface area contributed by atoms with E-state index in [0.717, 1.165) is 5.92 Å². The predicted molar refractivity (Wildman–Crippen MR) is 40.6 cm³/mol. The third-order valence-corrected chi connectivity index (χ3v) is 1.38. The van der Waals surface area contributed by atoms with Crippen molar-refractivity contribution in [1.82, 2.24) is 0 Å². The smallest absolute Gasteiger partial charge is 1.00 e. The summed E-state index contributed by atoms with van der Waals surface area (Å²) < 4.78 is 0. The van der Waals surface area contributed by atoms with Crippen molar-refractivity contribution in [1.29, 1.82) is 0 Å². The minimum atomic E-state index is 0. The molecule has 12 heavy (non-hydrogen) atoms. The topological polar surface area (TPSA) is 0 Å². The first-order valence-corrected chi connectivity index (χ1v) is 3.49. The number of halogens is 2. The van der Waals surface area contributed by atoms with Crippen LogP contribution in [-0.4, -0.2) is 0 Å². The molecule has 0 aromatic heterocycles. The second-order valence-electron chi connectivity index (χ2n) is 2.89. The van der Waals surface area contributed by atoms with Crippen LogP contribution in [-0.2, 0) is 32.6 Å². The predicted octanol–water partition coefficient (Wildman–Crippen LogP) is -3.39. The van der Waals surface area contributed by atoms with Crippen LogP contribution in [0.15, 0.2) is 24.3 Å². The van der Waals surface area contributed by atoms with E-state index in [4.69, 9.17) is 0 Å². The van der Waals surface area contributed by atoms with Crippen molar-refractivity contribution in [3.63, 3.8) is 0 Å². The van der Waals surface area contributed by atoms with Gasteiger partial charge in [-0.25, -0.2) is 12.1 Å². The van der Waals surface area contributed by atoms with E-state index in [1.165, 1.54) is 12.0 Å². The summed E-state index contributed by atoms with van der Waals surface area (Å²) in [5.41, 5.74) is 1.46. The Hall–Kier alpha value is 0.0931. The van der Waals surface area contributed by atoms with Gasteiger partial charge in [0.25, 0.3) is 0 Å². The molecule has 0 unspecified atom stereocenters. The van der Waals surface area contributed by atoms with E-state index in [0.29, 0.717) is 0 Å². The monoisotopic (exact) mass is 249 g/mol. The summed E-state index contributed by atoms with van der Waals surface area (Å²) in [6.07, 6.45) is 1.22. The van der Waals surface area contributed by atoms with Crippen LogP contribution in [0.3, 0.4) is 0 Å². The normalized spacial score (nSPS) is 7.92. The third-order valence-electron chi connectivity index (χ3n) is 1.38. The van der Waals surface area contributed by atoms with Crippen LogP contribution >= 0.6 is 0 Å². The molecular formula is C9H13F2Zr. The van der Waals surface area contributed by atoms with Crippen molar-refractivity contribution < 1.29 is 35.6 Å². The fourth-order valence-corrected chi connectivity index (χ4v) is 1.02. The molecule has 67 valence electrons.